The SMILES string of the molecule is [2H]C([2H])([2H])N1CC(=O)OCCCCC=CCCCCCCCC(=O)NC1=NC(=O)O. The Labute approximate surface area is 164 Å². The number of likely N-dealkylation sites (N-methyl/N-ethyl adjacent to an activating group) is 1. The summed E-state index contributed by atoms with van der Waals surface area (Å²) in [7, 11) is 0. The van der Waals surface area contributed by atoms with Gasteiger partial charge in [-0.1, -0.05) is 31.4 Å². The second-order valence-corrected chi connectivity index (χ2v) is 6.35. The van der Waals surface area contributed by atoms with Crippen LogP contribution in [0.3, 0.4) is 0 Å². The molecule has 1 aliphatic rings. The van der Waals surface area contributed by atoms with E-state index in [2.05, 4.69) is 22.5 Å². The van der Waals surface area contributed by atoms with Gasteiger partial charge in [-0.25, -0.2) is 4.79 Å². The first kappa shape index (κ1) is 18.0. The number of hydrogen-bond acceptors (Lipinski definition) is 4. The van der Waals surface area contributed by atoms with E-state index >= 15 is 0 Å². The predicted octanol–water partition coefficient (Wildman–Crippen LogP) is 3.08. The zero-order valence-corrected chi connectivity index (χ0v) is 15.6. The van der Waals surface area contributed by atoms with Gasteiger partial charge in [-0.15, -0.1) is 4.99 Å². The van der Waals surface area contributed by atoms with Crippen LogP contribution in [-0.2, 0) is 14.3 Å². The Morgan fingerprint density at radius 2 is 1.81 bits per heavy atom. The summed E-state index contributed by atoms with van der Waals surface area (Å²) in [6.45, 7) is -3.54. The van der Waals surface area contributed by atoms with Crippen molar-refractivity contribution in [2.24, 2.45) is 4.99 Å². The number of carbonyl (C=O) groups excluding carboxylic acids is 2. The molecule has 0 aromatic rings. The lowest BCUT2D eigenvalue weighted by Gasteiger charge is -2.20. The topological polar surface area (TPSA) is 108 Å². The Balaban J connectivity index is 2.91. The van der Waals surface area contributed by atoms with E-state index in [0.29, 0.717) is 17.7 Å². The van der Waals surface area contributed by atoms with Crippen molar-refractivity contribution in [2.45, 2.75) is 64.2 Å². The summed E-state index contributed by atoms with van der Waals surface area (Å²) in [5.74, 6) is -2.11. The summed E-state index contributed by atoms with van der Waals surface area (Å²) in [5.41, 5.74) is 0. The van der Waals surface area contributed by atoms with Gasteiger partial charge in [0.15, 0.2) is 0 Å². The molecule has 0 saturated heterocycles. The molecular weight excluding hydrogens is 350 g/mol. The molecule has 1 rings (SSSR count). The van der Waals surface area contributed by atoms with Crippen molar-refractivity contribution in [1.82, 2.24) is 10.2 Å². The van der Waals surface area contributed by atoms with E-state index in [1.54, 1.807) is 0 Å². The van der Waals surface area contributed by atoms with Gasteiger partial charge in [-0.3, -0.25) is 14.9 Å². The highest BCUT2D eigenvalue weighted by molar-refractivity contribution is 6.01. The summed E-state index contributed by atoms with van der Waals surface area (Å²) in [5, 5.41) is 11.2. The molecule has 0 spiro atoms. The Morgan fingerprint density at radius 3 is 2.52 bits per heavy atom. The number of guanidine groups is 1. The van der Waals surface area contributed by atoms with Crippen LogP contribution in [-0.4, -0.2) is 54.1 Å². The van der Waals surface area contributed by atoms with Crippen molar-refractivity contribution in [3.05, 3.63) is 12.2 Å². The molecule has 152 valence electrons. The zero-order valence-electron chi connectivity index (χ0n) is 18.6. The van der Waals surface area contributed by atoms with Gasteiger partial charge >= 0.3 is 12.1 Å². The van der Waals surface area contributed by atoms with Crippen molar-refractivity contribution in [3.8, 4) is 0 Å². The average molecular weight is 384 g/mol. The first-order chi connectivity index (χ1) is 14.2. The van der Waals surface area contributed by atoms with E-state index in [1.165, 1.54) is 0 Å². The molecular formula is C19H31N3O5. The summed E-state index contributed by atoms with van der Waals surface area (Å²) in [4.78, 5) is 39.0. The van der Waals surface area contributed by atoms with E-state index in [-0.39, 0.29) is 13.0 Å². The van der Waals surface area contributed by atoms with Gasteiger partial charge in [0.05, 0.1) is 6.61 Å². The average Bonchev–Trinajstić information content (AvgIpc) is 2.63. The van der Waals surface area contributed by atoms with Crippen molar-refractivity contribution in [3.63, 3.8) is 0 Å². The van der Waals surface area contributed by atoms with Crippen LogP contribution in [0.25, 0.3) is 0 Å². The molecule has 0 saturated carbocycles. The van der Waals surface area contributed by atoms with Gasteiger partial charge in [0.25, 0.3) is 0 Å². The van der Waals surface area contributed by atoms with E-state index in [1.807, 2.05) is 0 Å². The second-order valence-electron chi connectivity index (χ2n) is 6.35. The molecule has 8 heteroatoms. The molecule has 2 N–H and O–H groups in total. The van der Waals surface area contributed by atoms with Crippen LogP contribution in [0.15, 0.2) is 17.1 Å². The number of nitrogens with zero attached hydrogens (tertiary/aromatic N) is 2. The molecule has 0 unspecified atom stereocenters. The van der Waals surface area contributed by atoms with Crippen LogP contribution < -0.4 is 5.32 Å². The highest BCUT2D eigenvalue weighted by Gasteiger charge is 2.16. The number of amides is 2. The Kier molecular flexibility index (Phi) is 9.19. The smallest absolute Gasteiger partial charge is 0.434 e. The Hall–Kier alpha value is -2.38. The van der Waals surface area contributed by atoms with Crippen LogP contribution in [0.5, 0.6) is 0 Å². The number of esters is 1. The minimum Gasteiger partial charge on any atom is -0.464 e. The maximum Gasteiger partial charge on any atom is 0.434 e. The number of cyclic esters (lactones) is 1. The van der Waals surface area contributed by atoms with Gasteiger partial charge in [-0.2, -0.15) is 0 Å². The van der Waals surface area contributed by atoms with Crippen LogP contribution in [0.2, 0.25) is 0 Å². The molecule has 0 fully saturated rings. The third-order valence-corrected chi connectivity index (χ3v) is 3.97. The standard InChI is InChI=1S/C19H31N3O5/c1-22-15-17(24)27-14-12-10-8-6-4-2-3-5-7-9-11-13-16(23)20-18(22)21-19(25)26/h4,6H,2-3,5,7-15H2,1H3,(H,25,26)(H,20,21,23)/i1D3. The lowest BCUT2D eigenvalue weighted by molar-refractivity contribution is -0.144. The molecule has 0 radical (unpaired) electrons. The fraction of sp³-hybridized carbons (Fsp3) is 0.684. The molecule has 0 bridgehead atoms. The number of ether oxygens (including phenoxy) is 1. The van der Waals surface area contributed by atoms with Gasteiger partial charge in [0.2, 0.25) is 11.9 Å². The third kappa shape index (κ3) is 11.8. The van der Waals surface area contributed by atoms with Crippen LogP contribution in [0.4, 0.5) is 4.79 Å². The molecule has 0 aromatic heterocycles. The number of allylic oxidation sites excluding steroid dienone is 2. The largest absolute Gasteiger partial charge is 0.464 e. The number of aliphatic imine (C=N–C) groups is 1. The lowest BCUT2D eigenvalue weighted by Crippen LogP contribution is -2.45. The normalized spacial score (nSPS) is 23.5. The summed E-state index contributed by atoms with van der Waals surface area (Å²) in [6.07, 6.45) is 10.5. The molecule has 1 aliphatic heterocycles. The van der Waals surface area contributed by atoms with E-state index in [4.69, 9.17) is 14.0 Å². The number of nitrogens with one attached hydrogen (secondary N) is 1. The maximum atomic E-state index is 12.2. The van der Waals surface area contributed by atoms with Gasteiger partial charge < -0.3 is 14.7 Å². The molecule has 1 heterocycles. The zero-order chi connectivity index (χ0) is 22.4. The van der Waals surface area contributed by atoms with Crippen molar-refractivity contribution < 1.29 is 28.3 Å². The fourth-order valence-electron chi connectivity index (χ4n) is 2.55. The minimum absolute atomic E-state index is 0.0951. The van der Waals surface area contributed by atoms with Crippen molar-refractivity contribution >= 4 is 23.9 Å². The predicted molar refractivity (Wildman–Crippen MR) is 103 cm³/mol. The maximum absolute atomic E-state index is 12.2. The quantitative estimate of drug-likeness (QED) is 0.491. The summed E-state index contributed by atoms with van der Waals surface area (Å²) in [6, 6.07) is 0. The monoisotopic (exact) mass is 384 g/mol. The summed E-state index contributed by atoms with van der Waals surface area (Å²) >= 11 is 0. The van der Waals surface area contributed by atoms with E-state index < -0.39 is 37.4 Å². The van der Waals surface area contributed by atoms with Crippen LogP contribution in [0, 0.1) is 0 Å². The van der Waals surface area contributed by atoms with E-state index in [9.17, 15) is 14.4 Å². The van der Waals surface area contributed by atoms with E-state index in [0.717, 1.165) is 44.9 Å². The Morgan fingerprint density at radius 1 is 1.15 bits per heavy atom. The number of carboxylic acid groups (broad SMARTS) is 1. The fourth-order valence-corrected chi connectivity index (χ4v) is 2.55. The van der Waals surface area contributed by atoms with Crippen LogP contribution >= 0.6 is 0 Å². The van der Waals surface area contributed by atoms with Gasteiger partial charge in [-0.05, 0) is 38.5 Å². The highest BCUT2D eigenvalue weighted by Crippen LogP contribution is 2.08. The first-order valence-corrected chi connectivity index (χ1v) is 9.40. The van der Waals surface area contributed by atoms with Crippen molar-refractivity contribution in [2.75, 3.05) is 20.1 Å². The third-order valence-electron chi connectivity index (χ3n) is 3.97. The van der Waals surface area contributed by atoms with Crippen molar-refractivity contribution in [1.29, 1.82) is 0 Å². The minimum atomic E-state index is -2.90. The van der Waals surface area contributed by atoms with Gasteiger partial charge in [0.1, 0.15) is 6.54 Å². The first-order valence-electron chi connectivity index (χ1n) is 10.9. The Bertz CT molecular complexity index is 635. The number of carbonyl (C=O) groups is 3. The molecule has 0 aliphatic carbocycles. The number of hydrogen-bond donors (Lipinski definition) is 2. The molecule has 2 amide bonds. The number of rotatable bonds is 0. The van der Waals surface area contributed by atoms with Gasteiger partial charge in [0, 0.05) is 17.5 Å². The van der Waals surface area contributed by atoms with Crippen LogP contribution in [0.1, 0.15) is 68.3 Å². The molecule has 27 heavy (non-hydrogen) atoms. The lowest BCUT2D eigenvalue weighted by atomic mass is 10.1. The molecule has 0 aromatic carbocycles. The molecule has 0 atom stereocenters. The molecule has 8 nitrogen and oxygen atoms in total. The summed E-state index contributed by atoms with van der Waals surface area (Å²) < 4.78 is 27.9. The highest BCUT2D eigenvalue weighted by atomic mass is 16.5. The second kappa shape index (κ2) is 13.8.